The predicted molar refractivity (Wildman–Crippen MR) is 208 cm³/mol. The van der Waals surface area contributed by atoms with Crippen molar-refractivity contribution in [2.45, 2.75) is 0 Å². The molecule has 0 heteroatoms. The number of benzene rings is 10. The lowest BCUT2D eigenvalue weighted by atomic mass is 9.83. The van der Waals surface area contributed by atoms with Crippen LogP contribution in [-0.2, 0) is 0 Å². The summed E-state index contributed by atoms with van der Waals surface area (Å²) in [5.74, 6) is 0. The number of fused-ring (bicyclic) bond motifs is 8. The van der Waals surface area contributed by atoms with Gasteiger partial charge in [0.1, 0.15) is 0 Å². The average Bonchev–Trinajstić information content (AvgIpc) is 3.35. The molecule has 0 fully saturated rings. The van der Waals surface area contributed by atoms with E-state index in [0.717, 1.165) is 0 Å². The Morgan fingerprint density at radius 2 is 0.625 bits per heavy atom. The van der Waals surface area contributed by atoms with Crippen LogP contribution in [0, 0.1) is 0 Å². The van der Waals surface area contributed by atoms with Gasteiger partial charge in [0, 0.05) is 0 Å². The highest BCUT2D eigenvalue weighted by molar-refractivity contribution is 6.23. The Morgan fingerprint density at radius 1 is 0.271 bits per heavy atom. The molecule has 10 rings (SSSR count). The molecule has 0 aliphatic heterocycles. The molecule has 0 amide bonds. The molecule has 222 valence electrons. The van der Waals surface area contributed by atoms with Crippen molar-refractivity contribution in [3.05, 3.63) is 181 Å². The molecular formula is C48H30. The largest absolute Gasteiger partial charge is 0.0636 e. The number of hydrogen-bond donors (Lipinski definition) is 0. The first-order valence-electron chi connectivity index (χ1n) is 25.9. The van der Waals surface area contributed by atoms with Crippen molar-refractivity contribution in [3.8, 4) is 33.4 Å². The van der Waals surface area contributed by atoms with E-state index in [1.165, 1.54) is 12.1 Å². The Bertz CT molecular complexity index is 3880. The number of rotatable bonds is 3. The first kappa shape index (κ1) is 13.1. The molecule has 0 saturated heterocycles. The highest BCUT2D eigenvalue weighted by Crippen LogP contribution is 2.47. The summed E-state index contributed by atoms with van der Waals surface area (Å²) in [6.07, 6.45) is 0. The molecule has 0 heterocycles. The highest BCUT2D eigenvalue weighted by atomic mass is 14.2. The SMILES string of the molecule is [2H]c1c([2H])c([2H])c2c([2H])c3c(c([2H])c([2H])c4c([2H])c([2H])c([2H])c([2H])c43)c(-c3ccccc3-c3ccccc3-c3c4c([2H])c([2H])c([2H])c([2H])c4c([2H])c4c3c([2H])c([2H])c3c([2H])c([2H])c([2H])c([2H])c34)c2c1[2H]. The van der Waals surface area contributed by atoms with Gasteiger partial charge in [-0.3, -0.25) is 0 Å². The van der Waals surface area contributed by atoms with Gasteiger partial charge in [0.25, 0.3) is 0 Å². The summed E-state index contributed by atoms with van der Waals surface area (Å²) >= 11 is 0. The molecule has 0 atom stereocenters. The maximum absolute atomic E-state index is 9.59. The average molecular weight is 629 g/mol. The second kappa shape index (κ2) is 10.7. The standard InChI is InChI=1S/C48H30/c1-5-17-35-31(13-1)25-27-43-45(35)29-33-15-3-7-19-37(33)47(43)41-23-11-9-21-39(41)40-22-10-12-24-42(40)48-38-20-8-4-16-34(38)30-46-36-18-6-2-14-32(36)26-28-44(46)48/h1-30H/i1D,2D,3D,4D,5D,6D,7D,8D,13D,14D,15D,16D,17D,18D,19D,20D,25D,26D,27D,28D,29D,30D. The van der Waals surface area contributed by atoms with Gasteiger partial charge in [-0.05, 0) is 110 Å². The van der Waals surface area contributed by atoms with Crippen LogP contribution in [0.3, 0.4) is 0 Å². The quantitative estimate of drug-likeness (QED) is 0.135. The van der Waals surface area contributed by atoms with Crippen LogP contribution in [0.15, 0.2) is 181 Å². The molecule has 0 bridgehead atoms. The van der Waals surface area contributed by atoms with Crippen molar-refractivity contribution in [2.24, 2.45) is 0 Å². The fraction of sp³-hybridized carbons (Fsp3) is 0. The van der Waals surface area contributed by atoms with Crippen LogP contribution in [0.25, 0.3) is 98.0 Å². The van der Waals surface area contributed by atoms with Crippen LogP contribution >= 0.6 is 0 Å². The first-order valence-corrected chi connectivity index (χ1v) is 14.9. The Morgan fingerprint density at radius 3 is 1.06 bits per heavy atom. The van der Waals surface area contributed by atoms with Crippen molar-refractivity contribution in [1.29, 1.82) is 0 Å². The van der Waals surface area contributed by atoms with Gasteiger partial charge < -0.3 is 0 Å². The van der Waals surface area contributed by atoms with E-state index in [0.29, 0.717) is 0 Å². The Hall–Kier alpha value is -6.24. The molecule has 0 radical (unpaired) electrons. The van der Waals surface area contributed by atoms with Crippen molar-refractivity contribution < 1.29 is 30.2 Å². The van der Waals surface area contributed by atoms with E-state index >= 15 is 0 Å². The summed E-state index contributed by atoms with van der Waals surface area (Å²) < 4.78 is 198. The topological polar surface area (TPSA) is 0 Å². The van der Waals surface area contributed by atoms with E-state index in [4.69, 9.17) is 19.2 Å². The molecule has 0 unspecified atom stereocenters. The lowest BCUT2D eigenvalue weighted by Gasteiger charge is -2.20. The van der Waals surface area contributed by atoms with Crippen molar-refractivity contribution >= 4 is 64.6 Å². The lowest BCUT2D eigenvalue weighted by molar-refractivity contribution is 1.60. The van der Waals surface area contributed by atoms with Crippen LogP contribution in [-0.4, -0.2) is 0 Å². The summed E-state index contributed by atoms with van der Waals surface area (Å²) in [6.45, 7) is 0. The molecule has 0 spiro atoms. The highest BCUT2D eigenvalue weighted by Gasteiger charge is 2.20. The Kier molecular flexibility index (Phi) is 2.91. The minimum atomic E-state index is -0.720. The van der Waals surface area contributed by atoms with E-state index < -0.39 is 133 Å². The minimum Gasteiger partial charge on any atom is -0.0616 e. The van der Waals surface area contributed by atoms with E-state index in [1.54, 1.807) is 36.4 Å². The predicted octanol–water partition coefficient (Wildman–Crippen LogP) is 13.6. The third kappa shape index (κ3) is 4.03. The summed E-state index contributed by atoms with van der Waals surface area (Å²) in [5, 5.41) is -3.80. The normalized spacial score (nSPS) is 18.2. The maximum atomic E-state index is 9.59. The zero-order chi connectivity index (χ0) is 50.8. The molecule has 0 saturated carbocycles. The lowest BCUT2D eigenvalue weighted by Crippen LogP contribution is -1.93. The molecule has 10 aromatic rings. The van der Waals surface area contributed by atoms with Gasteiger partial charge in [0.2, 0.25) is 0 Å². The van der Waals surface area contributed by atoms with Gasteiger partial charge in [-0.1, -0.05) is 169 Å². The van der Waals surface area contributed by atoms with Crippen LogP contribution in [0.2, 0.25) is 0 Å². The minimum absolute atomic E-state index is 0.0996. The van der Waals surface area contributed by atoms with Crippen molar-refractivity contribution in [2.75, 3.05) is 0 Å². The summed E-state index contributed by atoms with van der Waals surface area (Å²) in [4.78, 5) is 0. The molecule has 0 aromatic heterocycles. The number of hydrogen-bond acceptors (Lipinski definition) is 0. The Balaban J connectivity index is 1.47. The molecule has 0 aliphatic carbocycles. The summed E-state index contributed by atoms with van der Waals surface area (Å²) in [5.41, 5.74) is 0.348. The summed E-state index contributed by atoms with van der Waals surface area (Å²) in [7, 11) is 0. The van der Waals surface area contributed by atoms with Gasteiger partial charge in [0.15, 0.2) is 0 Å². The van der Waals surface area contributed by atoms with E-state index in [9.17, 15) is 11.0 Å². The van der Waals surface area contributed by atoms with Crippen molar-refractivity contribution in [3.63, 3.8) is 0 Å². The third-order valence-corrected chi connectivity index (χ3v) is 8.56. The Labute approximate surface area is 310 Å². The molecule has 0 aliphatic rings. The summed E-state index contributed by atoms with van der Waals surface area (Å²) in [6, 6.07) is -2.11. The van der Waals surface area contributed by atoms with Gasteiger partial charge >= 0.3 is 0 Å². The molecule has 0 N–H and O–H groups in total. The zero-order valence-corrected chi connectivity index (χ0v) is 24.6. The molecule has 0 nitrogen and oxygen atoms in total. The molecule has 10 aromatic carbocycles. The van der Waals surface area contributed by atoms with Crippen LogP contribution in [0.4, 0.5) is 0 Å². The monoisotopic (exact) mass is 628 g/mol. The zero-order valence-electron chi connectivity index (χ0n) is 46.6. The molecular weight excluding hydrogens is 577 g/mol. The second-order valence-electron chi connectivity index (χ2n) is 11.1. The molecule has 48 heavy (non-hydrogen) atoms. The maximum Gasteiger partial charge on any atom is 0.0636 e. The van der Waals surface area contributed by atoms with Crippen LogP contribution in [0.1, 0.15) is 30.2 Å². The van der Waals surface area contributed by atoms with Gasteiger partial charge in [0.05, 0.1) is 30.2 Å². The first-order chi connectivity index (χ1) is 33.0. The van der Waals surface area contributed by atoms with Gasteiger partial charge in [-0.25, -0.2) is 0 Å². The van der Waals surface area contributed by atoms with Gasteiger partial charge in [-0.15, -0.1) is 0 Å². The fourth-order valence-corrected chi connectivity index (χ4v) is 6.54. The van der Waals surface area contributed by atoms with E-state index in [1.807, 2.05) is 0 Å². The van der Waals surface area contributed by atoms with Gasteiger partial charge in [-0.2, -0.15) is 0 Å². The van der Waals surface area contributed by atoms with Crippen LogP contribution < -0.4 is 0 Å². The van der Waals surface area contributed by atoms with E-state index in [-0.39, 0.29) is 98.0 Å². The fourth-order valence-electron chi connectivity index (χ4n) is 6.54. The van der Waals surface area contributed by atoms with E-state index in [2.05, 4.69) is 0 Å². The van der Waals surface area contributed by atoms with Crippen LogP contribution in [0.5, 0.6) is 0 Å². The smallest absolute Gasteiger partial charge is 0.0616 e. The third-order valence-electron chi connectivity index (χ3n) is 8.56. The van der Waals surface area contributed by atoms with Crippen molar-refractivity contribution in [1.82, 2.24) is 0 Å². The second-order valence-corrected chi connectivity index (χ2v) is 11.1.